The molecule has 0 bridgehead atoms. The van der Waals surface area contributed by atoms with E-state index in [0.717, 1.165) is 42.5 Å². The Kier molecular flexibility index (Phi) is 7.71. The van der Waals surface area contributed by atoms with Crippen LogP contribution >= 0.6 is 0 Å². The average molecular weight is 577 g/mol. The largest absolute Gasteiger partial charge is 0.387 e. The zero-order valence-electron chi connectivity index (χ0n) is 25.4. The van der Waals surface area contributed by atoms with Crippen LogP contribution in [0.5, 0.6) is 0 Å². The van der Waals surface area contributed by atoms with Gasteiger partial charge in [-0.2, -0.15) is 0 Å². The summed E-state index contributed by atoms with van der Waals surface area (Å²) < 4.78 is 7.98. The lowest BCUT2D eigenvalue weighted by molar-refractivity contribution is -0.0620. The SMILES string of the molecule is CNc1ncnc2c1ncn2[C@@H]1O[C@H](CN(C(C)C)C2CC(CCc3nc4ccc(C(C)(C)C)cc4[nH]3)C2)C(O)[C@@H]1O. The van der Waals surface area contributed by atoms with Gasteiger partial charge in [0.2, 0.25) is 0 Å². The highest BCUT2D eigenvalue weighted by Gasteiger charge is 2.46. The van der Waals surface area contributed by atoms with Gasteiger partial charge in [-0.05, 0) is 62.1 Å². The van der Waals surface area contributed by atoms with Crippen LogP contribution in [0.1, 0.15) is 71.5 Å². The van der Waals surface area contributed by atoms with Crippen molar-refractivity contribution >= 4 is 28.0 Å². The van der Waals surface area contributed by atoms with Crippen LogP contribution in [0.2, 0.25) is 0 Å². The van der Waals surface area contributed by atoms with Crippen molar-refractivity contribution in [2.24, 2.45) is 5.92 Å². The number of aromatic amines is 1. The number of anilines is 1. The minimum absolute atomic E-state index is 0.112. The van der Waals surface area contributed by atoms with E-state index in [4.69, 9.17) is 9.72 Å². The van der Waals surface area contributed by atoms with Crippen molar-refractivity contribution in [3.63, 3.8) is 0 Å². The van der Waals surface area contributed by atoms with Gasteiger partial charge in [-0.3, -0.25) is 9.47 Å². The van der Waals surface area contributed by atoms with Crippen molar-refractivity contribution in [2.75, 3.05) is 18.9 Å². The summed E-state index contributed by atoms with van der Waals surface area (Å²) in [5, 5.41) is 25.0. The predicted octanol–water partition coefficient (Wildman–Crippen LogP) is 3.78. The van der Waals surface area contributed by atoms with Crippen LogP contribution in [0.15, 0.2) is 30.9 Å². The standard InChI is InChI=1S/C31H44N8O3/c1-17(2)38(14-23-26(40)27(41)30(42-23)39-16-35-25-28(32-6)33-15-34-29(25)39)20-11-18(12-20)7-10-24-36-21-9-8-19(31(3,4)5)13-22(21)37-24/h8-9,13,15-18,20,23,26-27,30,40-41H,7,10-12,14H2,1-6H3,(H,36,37)(H,32,33,34)/t18?,20?,23-,26?,27+,30-/m1/s1. The summed E-state index contributed by atoms with van der Waals surface area (Å²) in [5.74, 6) is 2.30. The number of hydrogen-bond acceptors (Lipinski definition) is 9. The molecule has 42 heavy (non-hydrogen) atoms. The number of hydrogen-bond donors (Lipinski definition) is 4. The molecule has 1 aliphatic carbocycles. The topological polar surface area (TPSA) is 137 Å². The molecule has 0 spiro atoms. The van der Waals surface area contributed by atoms with Gasteiger partial charge >= 0.3 is 0 Å². The van der Waals surface area contributed by atoms with E-state index in [0.29, 0.717) is 35.5 Å². The number of nitrogens with zero attached hydrogens (tertiary/aromatic N) is 6. The number of benzene rings is 1. The van der Waals surface area contributed by atoms with Gasteiger partial charge in [0.25, 0.3) is 0 Å². The first-order valence-corrected chi connectivity index (χ1v) is 15.1. The lowest BCUT2D eigenvalue weighted by Gasteiger charge is -2.46. The smallest absolute Gasteiger partial charge is 0.167 e. The molecule has 2 aliphatic rings. The number of aryl methyl sites for hydroxylation is 1. The van der Waals surface area contributed by atoms with E-state index in [1.165, 1.54) is 11.9 Å². The Hall–Kier alpha value is -3.12. The van der Waals surface area contributed by atoms with Gasteiger partial charge in [0.05, 0.1) is 17.4 Å². The van der Waals surface area contributed by atoms with E-state index in [2.05, 4.69) is 83.0 Å². The molecule has 1 saturated carbocycles. The summed E-state index contributed by atoms with van der Waals surface area (Å²) in [6, 6.07) is 7.25. The molecule has 11 heteroatoms. The number of H-pyrrole nitrogens is 1. The van der Waals surface area contributed by atoms with Gasteiger partial charge in [0.15, 0.2) is 17.7 Å². The molecule has 3 aromatic heterocycles. The third-order valence-electron chi connectivity index (χ3n) is 9.13. The number of fused-ring (bicyclic) bond motifs is 2. The molecule has 6 rings (SSSR count). The van der Waals surface area contributed by atoms with Gasteiger partial charge in [-0.25, -0.2) is 19.9 Å². The zero-order valence-corrected chi connectivity index (χ0v) is 25.4. The maximum atomic E-state index is 11.0. The number of ether oxygens (including phenoxy) is 1. The molecule has 1 aliphatic heterocycles. The molecule has 0 amide bonds. The lowest BCUT2D eigenvalue weighted by atomic mass is 9.76. The maximum absolute atomic E-state index is 11.0. The van der Waals surface area contributed by atoms with E-state index in [-0.39, 0.29) is 11.5 Å². The van der Waals surface area contributed by atoms with Crippen molar-refractivity contribution in [1.29, 1.82) is 0 Å². The average Bonchev–Trinajstić information content (AvgIpc) is 3.61. The highest BCUT2D eigenvalue weighted by molar-refractivity contribution is 5.82. The Bertz CT molecular complexity index is 1540. The molecule has 226 valence electrons. The Morgan fingerprint density at radius 3 is 2.64 bits per heavy atom. The number of imidazole rings is 2. The fourth-order valence-corrected chi connectivity index (χ4v) is 6.52. The van der Waals surface area contributed by atoms with Crippen LogP contribution in [0.4, 0.5) is 5.82 Å². The summed E-state index contributed by atoms with van der Waals surface area (Å²) in [6.45, 7) is 11.6. The molecule has 1 aromatic carbocycles. The van der Waals surface area contributed by atoms with Crippen LogP contribution in [0.25, 0.3) is 22.2 Å². The third-order valence-corrected chi connectivity index (χ3v) is 9.13. The molecule has 11 nitrogen and oxygen atoms in total. The van der Waals surface area contributed by atoms with Crippen LogP contribution in [0.3, 0.4) is 0 Å². The number of aromatic nitrogens is 6. The van der Waals surface area contributed by atoms with Gasteiger partial charge in [-0.1, -0.05) is 26.8 Å². The van der Waals surface area contributed by atoms with Crippen molar-refractivity contribution in [3.05, 3.63) is 42.2 Å². The Morgan fingerprint density at radius 2 is 1.93 bits per heavy atom. The molecule has 1 unspecified atom stereocenters. The molecular weight excluding hydrogens is 532 g/mol. The normalized spacial score (nSPS) is 26.5. The number of aliphatic hydroxyl groups is 2. The zero-order chi connectivity index (χ0) is 29.8. The van der Waals surface area contributed by atoms with E-state index < -0.39 is 24.5 Å². The quantitative estimate of drug-likeness (QED) is 0.235. The molecule has 4 aromatic rings. The van der Waals surface area contributed by atoms with Gasteiger partial charge in [0.1, 0.15) is 36.0 Å². The first-order valence-electron chi connectivity index (χ1n) is 15.1. The fraction of sp³-hybridized carbons (Fsp3) is 0.613. The molecule has 2 fully saturated rings. The van der Waals surface area contributed by atoms with Crippen LogP contribution in [-0.2, 0) is 16.6 Å². The summed E-state index contributed by atoms with van der Waals surface area (Å²) in [7, 11) is 1.77. The summed E-state index contributed by atoms with van der Waals surface area (Å²) in [4.78, 5) is 23.8. The van der Waals surface area contributed by atoms with Crippen molar-refractivity contribution < 1.29 is 14.9 Å². The number of rotatable bonds is 9. The van der Waals surface area contributed by atoms with E-state index in [1.807, 2.05) is 0 Å². The fourth-order valence-electron chi connectivity index (χ4n) is 6.52. The van der Waals surface area contributed by atoms with Gasteiger partial charge in [0, 0.05) is 32.1 Å². The lowest BCUT2D eigenvalue weighted by Crippen LogP contribution is -2.52. The molecular formula is C31H44N8O3. The molecule has 4 heterocycles. The highest BCUT2D eigenvalue weighted by Crippen LogP contribution is 2.38. The van der Waals surface area contributed by atoms with Crippen molar-refractivity contribution in [3.8, 4) is 0 Å². The number of nitrogens with one attached hydrogen (secondary N) is 2. The third kappa shape index (κ3) is 5.39. The van der Waals surface area contributed by atoms with Gasteiger partial charge < -0.3 is 25.3 Å². The summed E-state index contributed by atoms with van der Waals surface area (Å²) in [5.41, 5.74) is 4.71. The van der Waals surface area contributed by atoms with Crippen LogP contribution in [-0.4, -0.2) is 88.6 Å². The monoisotopic (exact) mass is 576 g/mol. The first kappa shape index (κ1) is 29.0. The Labute approximate surface area is 246 Å². The predicted molar refractivity (Wildman–Crippen MR) is 162 cm³/mol. The van der Waals surface area contributed by atoms with Gasteiger partial charge in [-0.15, -0.1) is 0 Å². The first-order chi connectivity index (χ1) is 20.0. The summed E-state index contributed by atoms with van der Waals surface area (Å²) >= 11 is 0. The van der Waals surface area contributed by atoms with E-state index in [9.17, 15) is 10.2 Å². The molecule has 1 saturated heterocycles. The van der Waals surface area contributed by atoms with Crippen LogP contribution < -0.4 is 5.32 Å². The van der Waals surface area contributed by atoms with E-state index in [1.54, 1.807) is 17.9 Å². The molecule has 4 N–H and O–H groups in total. The highest BCUT2D eigenvalue weighted by atomic mass is 16.6. The number of aliphatic hydroxyl groups excluding tert-OH is 2. The minimum atomic E-state index is -1.09. The Morgan fingerprint density at radius 1 is 1.14 bits per heavy atom. The minimum Gasteiger partial charge on any atom is -0.387 e. The second-order valence-corrected chi connectivity index (χ2v) is 13.3. The van der Waals surface area contributed by atoms with E-state index >= 15 is 0 Å². The van der Waals surface area contributed by atoms with Crippen molar-refractivity contribution in [1.82, 2.24) is 34.4 Å². The summed E-state index contributed by atoms with van der Waals surface area (Å²) in [6.07, 6.45) is 3.89. The second-order valence-electron chi connectivity index (χ2n) is 13.3. The maximum Gasteiger partial charge on any atom is 0.167 e. The Balaban J connectivity index is 1.06. The van der Waals surface area contributed by atoms with Crippen LogP contribution in [0, 0.1) is 5.92 Å². The van der Waals surface area contributed by atoms with Crippen molar-refractivity contribution in [2.45, 2.75) is 102 Å². The second kappa shape index (κ2) is 11.2. The molecule has 0 radical (unpaired) electrons. The molecule has 4 atom stereocenters.